The van der Waals surface area contributed by atoms with Crippen molar-refractivity contribution in [3.8, 4) is 0 Å². The second-order valence-electron chi connectivity index (χ2n) is 10.7. The minimum absolute atomic E-state index is 0.0180. The van der Waals surface area contributed by atoms with Gasteiger partial charge in [0.2, 0.25) is 5.91 Å². The lowest BCUT2D eigenvalue weighted by Gasteiger charge is -2.25. The summed E-state index contributed by atoms with van der Waals surface area (Å²) in [6.07, 6.45) is 15.4. The standard InChI is InChI=1S/C26H51N3O3/c1-7-8-9-10-11-12-13-14-15-16-17-18-19-27-24(30)22-20-29(21-23(22)28(5)6)25(31)32-26(2,3)4/h22-23H,7-21H2,1-6H3,(H,27,30)/t22?,23-/m0/s1. The van der Waals surface area contributed by atoms with Crippen molar-refractivity contribution in [2.45, 2.75) is 116 Å². The molecule has 32 heavy (non-hydrogen) atoms. The first-order valence-electron chi connectivity index (χ1n) is 13.1. The van der Waals surface area contributed by atoms with E-state index in [1.54, 1.807) is 4.90 Å². The van der Waals surface area contributed by atoms with Gasteiger partial charge in [0.1, 0.15) is 5.60 Å². The largest absolute Gasteiger partial charge is 0.444 e. The lowest BCUT2D eigenvalue weighted by molar-refractivity contribution is -0.125. The molecule has 0 radical (unpaired) electrons. The van der Waals surface area contributed by atoms with Crippen molar-refractivity contribution in [1.82, 2.24) is 15.1 Å². The Labute approximate surface area is 197 Å². The van der Waals surface area contributed by atoms with Crippen molar-refractivity contribution in [1.29, 1.82) is 0 Å². The molecule has 0 aromatic carbocycles. The van der Waals surface area contributed by atoms with Crippen LogP contribution >= 0.6 is 0 Å². The molecule has 1 rings (SSSR count). The fourth-order valence-electron chi connectivity index (χ4n) is 4.35. The maximum Gasteiger partial charge on any atom is 0.410 e. The van der Waals surface area contributed by atoms with E-state index in [1.165, 1.54) is 70.6 Å². The first-order chi connectivity index (χ1) is 15.2. The molecule has 1 aliphatic rings. The third-order valence-electron chi connectivity index (χ3n) is 6.27. The van der Waals surface area contributed by atoms with Crippen LogP contribution in [0.2, 0.25) is 0 Å². The predicted octanol–water partition coefficient (Wildman–Crippen LogP) is 5.60. The Kier molecular flexibility index (Phi) is 13.9. The van der Waals surface area contributed by atoms with Crippen LogP contribution in [0.1, 0.15) is 105 Å². The van der Waals surface area contributed by atoms with Gasteiger partial charge in [-0.25, -0.2) is 4.79 Å². The molecule has 1 fully saturated rings. The van der Waals surface area contributed by atoms with E-state index in [4.69, 9.17) is 4.74 Å². The van der Waals surface area contributed by atoms with Crippen LogP contribution in [0.3, 0.4) is 0 Å². The van der Waals surface area contributed by atoms with Gasteiger partial charge in [0.25, 0.3) is 0 Å². The topological polar surface area (TPSA) is 61.9 Å². The second-order valence-corrected chi connectivity index (χ2v) is 10.7. The number of likely N-dealkylation sites (N-methyl/N-ethyl adjacent to an activating group) is 1. The summed E-state index contributed by atoms with van der Waals surface area (Å²) in [5.74, 6) is -0.160. The van der Waals surface area contributed by atoms with Crippen LogP contribution in [-0.2, 0) is 9.53 Å². The number of nitrogens with zero attached hydrogens (tertiary/aromatic N) is 2. The van der Waals surface area contributed by atoms with E-state index in [9.17, 15) is 9.59 Å². The summed E-state index contributed by atoms with van der Waals surface area (Å²) in [6, 6.07) is 0.0180. The van der Waals surface area contributed by atoms with Crippen LogP contribution in [0, 0.1) is 5.92 Å². The van der Waals surface area contributed by atoms with Gasteiger partial charge in [-0.05, 0) is 41.3 Å². The van der Waals surface area contributed by atoms with Gasteiger partial charge in [-0.15, -0.1) is 0 Å². The number of amides is 2. The van der Waals surface area contributed by atoms with E-state index in [0.29, 0.717) is 13.1 Å². The zero-order valence-corrected chi connectivity index (χ0v) is 21.9. The Hall–Kier alpha value is -1.30. The second kappa shape index (κ2) is 15.5. The summed E-state index contributed by atoms with van der Waals surface area (Å²) in [5, 5.41) is 3.11. The lowest BCUT2D eigenvalue weighted by atomic mass is 10.0. The van der Waals surface area contributed by atoms with Crippen LogP contribution in [0.5, 0.6) is 0 Å². The molecule has 1 saturated heterocycles. The van der Waals surface area contributed by atoms with Crippen molar-refractivity contribution in [2.75, 3.05) is 33.7 Å². The van der Waals surface area contributed by atoms with E-state index in [2.05, 4.69) is 12.2 Å². The molecule has 1 heterocycles. The highest BCUT2D eigenvalue weighted by atomic mass is 16.6. The lowest BCUT2D eigenvalue weighted by Crippen LogP contribution is -2.43. The fraction of sp³-hybridized carbons (Fsp3) is 0.923. The van der Waals surface area contributed by atoms with E-state index in [0.717, 1.165) is 13.0 Å². The highest BCUT2D eigenvalue weighted by Crippen LogP contribution is 2.23. The summed E-state index contributed by atoms with van der Waals surface area (Å²) in [7, 11) is 3.93. The van der Waals surface area contributed by atoms with E-state index < -0.39 is 5.60 Å². The number of rotatable bonds is 15. The van der Waals surface area contributed by atoms with Gasteiger partial charge in [0.05, 0.1) is 5.92 Å². The highest BCUT2D eigenvalue weighted by Gasteiger charge is 2.41. The first-order valence-corrected chi connectivity index (χ1v) is 13.1. The average molecular weight is 454 g/mol. The number of ether oxygens (including phenoxy) is 1. The van der Waals surface area contributed by atoms with Gasteiger partial charge in [-0.1, -0.05) is 77.6 Å². The molecule has 0 aromatic heterocycles. The fourth-order valence-corrected chi connectivity index (χ4v) is 4.35. The van der Waals surface area contributed by atoms with Gasteiger partial charge in [0.15, 0.2) is 0 Å². The SMILES string of the molecule is CCCCCCCCCCCCCCNC(=O)C1CN(C(=O)OC(C)(C)C)C[C@@H]1N(C)C. The Morgan fingerprint density at radius 2 is 1.38 bits per heavy atom. The normalized spacial score (nSPS) is 18.9. The number of hydrogen-bond donors (Lipinski definition) is 1. The van der Waals surface area contributed by atoms with Gasteiger partial charge < -0.3 is 19.9 Å². The summed E-state index contributed by atoms with van der Waals surface area (Å²) >= 11 is 0. The zero-order chi connectivity index (χ0) is 24.0. The summed E-state index contributed by atoms with van der Waals surface area (Å²) in [4.78, 5) is 28.9. The molecule has 2 atom stereocenters. The highest BCUT2D eigenvalue weighted by molar-refractivity contribution is 5.81. The molecule has 1 unspecified atom stereocenters. The van der Waals surface area contributed by atoms with Crippen molar-refractivity contribution in [3.05, 3.63) is 0 Å². The summed E-state index contributed by atoms with van der Waals surface area (Å²) in [6.45, 7) is 9.52. The minimum atomic E-state index is -0.528. The molecule has 0 bridgehead atoms. The Bertz CT molecular complexity index is 531. The maximum atomic E-state index is 12.8. The smallest absolute Gasteiger partial charge is 0.410 e. The molecule has 0 aromatic rings. The molecular formula is C26H51N3O3. The molecule has 1 N–H and O–H groups in total. The molecule has 6 heteroatoms. The molecule has 6 nitrogen and oxygen atoms in total. The van der Waals surface area contributed by atoms with E-state index in [1.807, 2.05) is 39.8 Å². The third-order valence-corrected chi connectivity index (χ3v) is 6.27. The number of carbonyl (C=O) groups excluding carboxylic acids is 2. The van der Waals surface area contributed by atoms with Crippen molar-refractivity contribution in [2.24, 2.45) is 5.92 Å². The summed E-state index contributed by atoms with van der Waals surface area (Å²) in [5.41, 5.74) is -0.528. The van der Waals surface area contributed by atoms with Crippen LogP contribution in [-0.4, -0.2) is 67.2 Å². The quantitative estimate of drug-likeness (QED) is 0.328. The molecule has 0 spiro atoms. The molecule has 1 aliphatic heterocycles. The van der Waals surface area contributed by atoms with E-state index in [-0.39, 0.29) is 24.0 Å². The minimum Gasteiger partial charge on any atom is -0.444 e. The number of nitrogens with one attached hydrogen (secondary N) is 1. The Morgan fingerprint density at radius 1 is 0.875 bits per heavy atom. The van der Waals surface area contributed by atoms with Crippen molar-refractivity contribution in [3.63, 3.8) is 0 Å². The van der Waals surface area contributed by atoms with E-state index >= 15 is 0 Å². The monoisotopic (exact) mass is 453 g/mol. The van der Waals surface area contributed by atoms with Crippen LogP contribution < -0.4 is 5.32 Å². The van der Waals surface area contributed by atoms with Gasteiger partial charge >= 0.3 is 6.09 Å². The predicted molar refractivity (Wildman–Crippen MR) is 133 cm³/mol. The zero-order valence-electron chi connectivity index (χ0n) is 21.9. The van der Waals surface area contributed by atoms with Crippen molar-refractivity contribution < 1.29 is 14.3 Å². The molecule has 0 aliphatic carbocycles. The third kappa shape index (κ3) is 12.1. The molecule has 0 saturated carbocycles. The van der Waals surface area contributed by atoms with Crippen LogP contribution in [0.15, 0.2) is 0 Å². The van der Waals surface area contributed by atoms with Gasteiger partial charge in [-0.2, -0.15) is 0 Å². The number of hydrogen-bond acceptors (Lipinski definition) is 4. The molecule has 188 valence electrons. The number of unbranched alkanes of at least 4 members (excludes halogenated alkanes) is 11. The Balaban J connectivity index is 2.19. The van der Waals surface area contributed by atoms with Crippen LogP contribution in [0.25, 0.3) is 0 Å². The Morgan fingerprint density at radius 3 is 1.84 bits per heavy atom. The number of carbonyl (C=O) groups is 2. The number of likely N-dealkylation sites (tertiary alicyclic amines) is 1. The first kappa shape index (κ1) is 28.7. The average Bonchev–Trinajstić information content (AvgIpc) is 3.16. The molecule has 2 amide bonds. The van der Waals surface area contributed by atoms with Gasteiger partial charge in [-0.3, -0.25) is 4.79 Å². The summed E-state index contributed by atoms with van der Waals surface area (Å²) < 4.78 is 5.50. The van der Waals surface area contributed by atoms with Crippen molar-refractivity contribution >= 4 is 12.0 Å². The molecular weight excluding hydrogens is 402 g/mol. The van der Waals surface area contributed by atoms with Gasteiger partial charge in [0, 0.05) is 25.7 Å². The maximum absolute atomic E-state index is 12.8. The van der Waals surface area contributed by atoms with Crippen LogP contribution in [0.4, 0.5) is 4.79 Å².